The van der Waals surface area contributed by atoms with E-state index in [0.717, 1.165) is 6.42 Å². The van der Waals surface area contributed by atoms with Gasteiger partial charge in [-0.05, 0) is 42.3 Å². The second-order valence-electron chi connectivity index (χ2n) is 7.19. The van der Waals surface area contributed by atoms with Gasteiger partial charge in [0.2, 0.25) is 0 Å². The first-order chi connectivity index (χ1) is 10.3. The Morgan fingerprint density at radius 3 is 2.73 bits per heavy atom. The third kappa shape index (κ3) is 2.24. The van der Waals surface area contributed by atoms with Crippen LogP contribution in [-0.2, 0) is 0 Å². The van der Waals surface area contributed by atoms with Gasteiger partial charge in [0.25, 0.3) is 5.91 Å². The Balaban J connectivity index is 1.82. The van der Waals surface area contributed by atoms with Crippen molar-refractivity contribution < 1.29 is 4.79 Å². The minimum atomic E-state index is -0.183. The lowest BCUT2D eigenvalue weighted by molar-refractivity contribution is 0.0821. The third-order valence-corrected chi connectivity index (χ3v) is 7.06. The van der Waals surface area contributed by atoms with Gasteiger partial charge in [0.05, 0.1) is 11.2 Å². The van der Waals surface area contributed by atoms with Crippen LogP contribution in [-0.4, -0.2) is 28.2 Å². The molecule has 6 heteroatoms. The van der Waals surface area contributed by atoms with E-state index in [1.807, 2.05) is 6.26 Å². The van der Waals surface area contributed by atoms with Crippen LogP contribution in [0.15, 0.2) is 11.4 Å². The van der Waals surface area contributed by atoms with E-state index in [1.165, 1.54) is 30.8 Å². The predicted octanol–water partition coefficient (Wildman–Crippen LogP) is 3.80. The molecule has 1 aromatic rings. The second kappa shape index (κ2) is 5.38. The lowest BCUT2D eigenvalue weighted by atomic mass is 9.69. The maximum Gasteiger partial charge on any atom is 0.271 e. The van der Waals surface area contributed by atoms with E-state index in [-0.39, 0.29) is 28.5 Å². The van der Waals surface area contributed by atoms with Crippen molar-refractivity contribution >= 4 is 29.3 Å². The van der Waals surface area contributed by atoms with Gasteiger partial charge >= 0.3 is 0 Å². The molecule has 2 saturated carbocycles. The molecule has 2 aliphatic carbocycles. The van der Waals surface area contributed by atoms with Crippen LogP contribution in [0.1, 0.15) is 50.5 Å². The fraction of sp³-hybridized carbons (Fsp3) is 0.688. The van der Waals surface area contributed by atoms with Crippen LogP contribution in [0.4, 0.5) is 0 Å². The number of carbonyl (C=O) groups is 1. The Kier molecular flexibility index (Phi) is 3.92. The molecule has 120 valence electrons. The largest absolute Gasteiger partial charge is 0.347 e. The fourth-order valence-corrected chi connectivity index (χ4v) is 4.77. The summed E-state index contributed by atoms with van der Waals surface area (Å²) in [4.78, 5) is 21.0. The average Bonchev–Trinajstić information content (AvgIpc) is 2.81. The van der Waals surface area contributed by atoms with Gasteiger partial charge in [-0.25, -0.2) is 9.97 Å². The summed E-state index contributed by atoms with van der Waals surface area (Å²) < 4.78 is 0. The van der Waals surface area contributed by atoms with Crippen molar-refractivity contribution in [3.8, 4) is 0 Å². The van der Waals surface area contributed by atoms with E-state index in [2.05, 4.69) is 36.1 Å². The molecular weight excluding hydrogens is 318 g/mol. The normalized spacial score (nSPS) is 32.2. The summed E-state index contributed by atoms with van der Waals surface area (Å²) in [5.41, 5.74) is 0.699. The lowest BCUT2D eigenvalue weighted by Crippen LogP contribution is -2.47. The molecule has 2 fully saturated rings. The van der Waals surface area contributed by atoms with Gasteiger partial charge in [-0.2, -0.15) is 0 Å². The molecule has 2 bridgehead atoms. The summed E-state index contributed by atoms with van der Waals surface area (Å²) in [6, 6.07) is 0.192. The van der Waals surface area contributed by atoms with Gasteiger partial charge in [0, 0.05) is 6.04 Å². The maximum absolute atomic E-state index is 12.6. The number of fused-ring (bicyclic) bond motifs is 2. The minimum absolute atomic E-state index is 0.148. The molecule has 2 aliphatic rings. The first kappa shape index (κ1) is 16.1. The number of thioether (sulfide) groups is 1. The quantitative estimate of drug-likeness (QED) is 0.672. The molecule has 1 N–H and O–H groups in total. The predicted molar refractivity (Wildman–Crippen MR) is 89.3 cm³/mol. The SMILES string of the molecule is CSc1ncc(Cl)c(C(=O)N[C@@H]2C[C@@H]3CC[C@@]2(C)C3(C)C)n1. The summed E-state index contributed by atoms with van der Waals surface area (Å²) >= 11 is 7.51. The summed E-state index contributed by atoms with van der Waals surface area (Å²) in [7, 11) is 0. The number of aromatic nitrogens is 2. The average molecular weight is 340 g/mol. The Morgan fingerprint density at radius 2 is 2.18 bits per heavy atom. The number of rotatable bonds is 3. The molecule has 1 heterocycles. The molecule has 0 unspecified atom stereocenters. The van der Waals surface area contributed by atoms with Crippen molar-refractivity contribution in [1.29, 1.82) is 0 Å². The molecule has 0 aromatic carbocycles. The number of nitrogens with zero attached hydrogens (tertiary/aromatic N) is 2. The summed E-state index contributed by atoms with van der Waals surface area (Å²) in [6.45, 7) is 6.97. The Morgan fingerprint density at radius 1 is 1.45 bits per heavy atom. The maximum atomic E-state index is 12.6. The van der Waals surface area contributed by atoms with E-state index in [1.54, 1.807) is 0 Å². The number of halogens is 1. The Hall–Kier alpha value is -0.810. The monoisotopic (exact) mass is 339 g/mol. The second-order valence-corrected chi connectivity index (χ2v) is 8.37. The number of amides is 1. The summed E-state index contributed by atoms with van der Waals surface area (Å²) in [5, 5.41) is 4.06. The number of nitrogens with one attached hydrogen (secondary N) is 1. The highest BCUT2D eigenvalue weighted by atomic mass is 35.5. The van der Waals surface area contributed by atoms with Gasteiger partial charge in [-0.1, -0.05) is 44.1 Å². The van der Waals surface area contributed by atoms with Crippen LogP contribution in [0.2, 0.25) is 5.02 Å². The molecule has 0 aliphatic heterocycles. The first-order valence-corrected chi connectivity index (χ1v) is 9.27. The standard InChI is InChI=1S/C16H22ClN3OS/c1-15(2)9-5-6-16(15,3)11(7-9)19-13(21)12-10(17)8-18-14(20-12)22-4/h8-9,11H,5-7H2,1-4H3,(H,19,21)/t9-,11+,16+/m0/s1. The van der Waals surface area contributed by atoms with Gasteiger partial charge in [0.15, 0.2) is 10.9 Å². The number of hydrogen-bond donors (Lipinski definition) is 1. The van der Waals surface area contributed by atoms with Crippen molar-refractivity contribution in [2.24, 2.45) is 16.7 Å². The zero-order valence-corrected chi connectivity index (χ0v) is 15.0. The van der Waals surface area contributed by atoms with E-state index in [0.29, 0.717) is 16.1 Å². The van der Waals surface area contributed by atoms with Gasteiger partial charge in [-0.3, -0.25) is 4.79 Å². The third-order valence-electron chi connectivity index (χ3n) is 6.22. The molecule has 3 atom stereocenters. The van der Waals surface area contributed by atoms with Crippen LogP contribution in [0.5, 0.6) is 0 Å². The van der Waals surface area contributed by atoms with Crippen LogP contribution in [0.25, 0.3) is 0 Å². The van der Waals surface area contributed by atoms with Crippen molar-refractivity contribution in [3.63, 3.8) is 0 Å². The van der Waals surface area contributed by atoms with Crippen molar-refractivity contribution in [2.75, 3.05) is 6.26 Å². The van der Waals surface area contributed by atoms with Gasteiger partial charge in [-0.15, -0.1) is 0 Å². The molecule has 3 rings (SSSR count). The van der Waals surface area contributed by atoms with E-state index >= 15 is 0 Å². The molecule has 1 aromatic heterocycles. The highest BCUT2D eigenvalue weighted by Gasteiger charge is 2.61. The van der Waals surface area contributed by atoms with Gasteiger partial charge < -0.3 is 5.32 Å². The molecule has 0 saturated heterocycles. The molecule has 4 nitrogen and oxygen atoms in total. The highest BCUT2D eigenvalue weighted by molar-refractivity contribution is 7.98. The first-order valence-electron chi connectivity index (χ1n) is 7.67. The summed E-state index contributed by atoms with van der Waals surface area (Å²) in [5.74, 6) is 0.503. The minimum Gasteiger partial charge on any atom is -0.347 e. The molecule has 1 amide bonds. The molecular formula is C16H22ClN3OS. The van der Waals surface area contributed by atoms with E-state index in [4.69, 9.17) is 11.6 Å². The smallest absolute Gasteiger partial charge is 0.271 e. The zero-order chi connectivity index (χ0) is 16.1. The van der Waals surface area contributed by atoms with Crippen LogP contribution < -0.4 is 5.32 Å². The lowest BCUT2D eigenvalue weighted by Gasteiger charge is -2.39. The van der Waals surface area contributed by atoms with Crippen LogP contribution in [0, 0.1) is 16.7 Å². The zero-order valence-electron chi connectivity index (χ0n) is 13.4. The van der Waals surface area contributed by atoms with E-state index < -0.39 is 0 Å². The number of carbonyl (C=O) groups excluding carboxylic acids is 1. The molecule has 0 radical (unpaired) electrons. The van der Waals surface area contributed by atoms with Gasteiger partial charge in [0.1, 0.15) is 0 Å². The van der Waals surface area contributed by atoms with Crippen LogP contribution >= 0.6 is 23.4 Å². The Labute approximate surface area is 140 Å². The van der Waals surface area contributed by atoms with Crippen LogP contribution in [0.3, 0.4) is 0 Å². The van der Waals surface area contributed by atoms with Crippen molar-refractivity contribution in [2.45, 2.75) is 51.2 Å². The molecule has 0 spiro atoms. The fourth-order valence-electron chi connectivity index (χ4n) is 4.26. The number of hydrogen-bond acceptors (Lipinski definition) is 4. The van der Waals surface area contributed by atoms with Crippen molar-refractivity contribution in [1.82, 2.24) is 15.3 Å². The van der Waals surface area contributed by atoms with E-state index in [9.17, 15) is 4.79 Å². The van der Waals surface area contributed by atoms with Crippen molar-refractivity contribution in [3.05, 3.63) is 16.9 Å². The molecule has 22 heavy (non-hydrogen) atoms. The Bertz CT molecular complexity index is 621. The highest BCUT2D eigenvalue weighted by Crippen LogP contribution is 2.65. The summed E-state index contributed by atoms with van der Waals surface area (Å²) in [6.07, 6.45) is 6.86. The topological polar surface area (TPSA) is 54.9 Å².